The first-order chi connectivity index (χ1) is 7.08. The molecule has 0 aromatic carbocycles. The van der Waals surface area contributed by atoms with Gasteiger partial charge < -0.3 is 15.7 Å². The zero-order valence-electron chi connectivity index (χ0n) is 7.39. The molecule has 0 fully saturated rings. The minimum atomic E-state index is -1.24. The van der Waals surface area contributed by atoms with E-state index in [4.69, 9.17) is 10.8 Å². The van der Waals surface area contributed by atoms with Gasteiger partial charge in [0.25, 0.3) is 5.91 Å². The predicted octanol–water partition coefficient (Wildman–Crippen LogP) is -1.43. The van der Waals surface area contributed by atoms with Crippen LogP contribution in [0.4, 0.5) is 5.82 Å². The fourth-order valence-electron chi connectivity index (χ4n) is 1.15. The standard InChI is InChI=1S/C7H7N5O3/c8-7-11-4-3(5(13)12-7)10-2(1-9-4)6(14)15/h1,7H,8H2,(H,9,11)(H,12,13)(H,14,15). The highest BCUT2D eigenvalue weighted by molar-refractivity contribution is 5.99. The molecule has 15 heavy (non-hydrogen) atoms. The molecule has 0 bridgehead atoms. The number of amides is 1. The van der Waals surface area contributed by atoms with E-state index in [0.29, 0.717) is 0 Å². The van der Waals surface area contributed by atoms with Crippen molar-refractivity contribution in [3.05, 3.63) is 17.6 Å². The van der Waals surface area contributed by atoms with Crippen LogP contribution in [-0.2, 0) is 0 Å². The summed E-state index contributed by atoms with van der Waals surface area (Å²) in [6.45, 7) is 0. The fourth-order valence-corrected chi connectivity index (χ4v) is 1.15. The summed E-state index contributed by atoms with van der Waals surface area (Å²) in [5.74, 6) is -1.61. The normalized spacial score (nSPS) is 18.7. The Labute approximate surface area is 83.5 Å². The Balaban J connectivity index is 2.48. The van der Waals surface area contributed by atoms with Gasteiger partial charge in [0.05, 0.1) is 6.20 Å². The molecule has 5 N–H and O–H groups in total. The van der Waals surface area contributed by atoms with E-state index in [1.165, 1.54) is 0 Å². The summed E-state index contributed by atoms with van der Waals surface area (Å²) in [5, 5.41) is 13.6. The zero-order valence-corrected chi connectivity index (χ0v) is 7.39. The third-order valence-electron chi connectivity index (χ3n) is 1.79. The number of rotatable bonds is 1. The summed E-state index contributed by atoms with van der Waals surface area (Å²) in [5.41, 5.74) is 5.05. The van der Waals surface area contributed by atoms with E-state index in [-0.39, 0.29) is 17.2 Å². The maximum atomic E-state index is 11.3. The maximum Gasteiger partial charge on any atom is 0.356 e. The molecule has 1 unspecified atom stereocenters. The second kappa shape index (κ2) is 3.17. The number of nitrogens with one attached hydrogen (secondary N) is 2. The van der Waals surface area contributed by atoms with Crippen molar-refractivity contribution in [3.63, 3.8) is 0 Å². The quantitative estimate of drug-likeness (QED) is 0.446. The molecule has 1 amide bonds. The highest BCUT2D eigenvalue weighted by Gasteiger charge is 2.25. The summed E-state index contributed by atoms with van der Waals surface area (Å²) in [6.07, 6.45) is 0.314. The molecule has 2 heterocycles. The Bertz CT molecular complexity index is 446. The lowest BCUT2D eigenvalue weighted by molar-refractivity contribution is 0.0690. The Morgan fingerprint density at radius 2 is 2.27 bits per heavy atom. The molecule has 0 spiro atoms. The molecule has 0 aliphatic carbocycles. The minimum absolute atomic E-state index is 0.0726. The second-order valence-corrected chi connectivity index (χ2v) is 2.85. The van der Waals surface area contributed by atoms with Gasteiger partial charge in [-0.25, -0.2) is 14.8 Å². The molecule has 0 saturated carbocycles. The van der Waals surface area contributed by atoms with Gasteiger partial charge in [-0.3, -0.25) is 10.5 Å². The van der Waals surface area contributed by atoms with Crippen LogP contribution < -0.4 is 16.4 Å². The molecule has 2 rings (SSSR count). The highest BCUT2D eigenvalue weighted by atomic mass is 16.4. The van der Waals surface area contributed by atoms with Crippen LogP contribution in [0.3, 0.4) is 0 Å². The van der Waals surface area contributed by atoms with E-state index in [0.717, 1.165) is 6.20 Å². The lowest BCUT2D eigenvalue weighted by Gasteiger charge is -2.22. The van der Waals surface area contributed by atoms with E-state index >= 15 is 0 Å². The Morgan fingerprint density at radius 3 is 2.93 bits per heavy atom. The smallest absolute Gasteiger partial charge is 0.356 e. The van der Waals surface area contributed by atoms with Gasteiger partial charge in [-0.2, -0.15) is 0 Å². The van der Waals surface area contributed by atoms with Crippen molar-refractivity contribution < 1.29 is 14.7 Å². The molecule has 0 radical (unpaired) electrons. The second-order valence-electron chi connectivity index (χ2n) is 2.85. The van der Waals surface area contributed by atoms with Crippen LogP contribution in [0.2, 0.25) is 0 Å². The van der Waals surface area contributed by atoms with Gasteiger partial charge in [0.15, 0.2) is 23.5 Å². The average molecular weight is 209 g/mol. The third kappa shape index (κ3) is 1.57. The number of aromatic carboxylic acids is 1. The summed E-state index contributed by atoms with van der Waals surface area (Å²) < 4.78 is 0. The lowest BCUT2D eigenvalue weighted by atomic mass is 10.3. The molecule has 1 aliphatic rings. The van der Waals surface area contributed by atoms with Crippen molar-refractivity contribution in [1.29, 1.82) is 0 Å². The van der Waals surface area contributed by atoms with Crippen molar-refractivity contribution in [2.24, 2.45) is 5.73 Å². The topological polar surface area (TPSA) is 130 Å². The number of carboxylic acids is 1. The van der Waals surface area contributed by atoms with Gasteiger partial charge in [-0.05, 0) is 0 Å². The zero-order chi connectivity index (χ0) is 11.0. The van der Waals surface area contributed by atoms with E-state index in [2.05, 4.69) is 20.6 Å². The summed E-state index contributed by atoms with van der Waals surface area (Å²) in [6, 6.07) is 0. The summed E-state index contributed by atoms with van der Waals surface area (Å²) >= 11 is 0. The maximum absolute atomic E-state index is 11.3. The SMILES string of the molecule is NC1NC(=O)c2nc(C(=O)O)cnc2N1. The Morgan fingerprint density at radius 1 is 1.53 bits per heavy atom. The Hall–Kier alpha value is -2.22. The van der Waals surface area contributed by atoms with E-state index < -0.39 is 18.2 Å². The fraction of sp³-hybridized carbons (Fsp3) is 0.143. The molecule has 1 atom stereocenters. The largest absolute Gasteiger partial charge is 0.476 e. The Kier molecular flexibility index (Phi) is 1.97. The molecule has 1 aromatic heterocycles. The number of carboxylic acid groups (broad SMARTS) is 1. The van der Waals surface area contributed by atoms with Crippen molar-refractivity contribution in [2.75, 3.05) is 5.32 Å². The number of fused-ring (bicyclic) bond motifs is 1. The van der Waals surface area contributed by atoms with Crippen molar-refractivity contribution >= 4 is 17.7 Å². The number of hydrogen-bond acceptors (Lipinski definition) is 6. The number of aromatic nitrogens is 2. The van der Waals surface area contributed by atoms with Crippen molar-refractivity contribution in [2.45, 2.75) is 6.29 Å². The van der Waals surface area contributed by atoms with Gasteiger partial charge >= 0.3 is 5.97 Å². The molecular formula is C7H7N5O3. The lowest BCUT2D eigenvalue weighted by Crippen LogP contribution is -2.51. The number of nitrogens with two attached hydrogens (primary N) is 1. The van der Waals surface area contributed by atoms with Crippen LogP contribution in [0.1, 0.15) is 21.0 Å². The third-order valence-corrected chi connectivity index (χ3v) is 1.79. The van der Waals surface area contributed by atoms with Crippen LogP contribution >= 0.6 is 0 Å². The first-order valence-electron chi connectivity index (χ1n) is 4.01. The predicted molar refractivity (Wildman–Crippen MR) is 48.1 cm³/mol. The van der Waals surface area contributed by atoms with Gasteiger partial charge in [0.2, 0.25) is 0 Å². The van der Waals surface area contributed by atoms with Crippen LogP contribution in [-0.4, -0.2) is 33.2 Å². The molecular weight excluding hydrogens is 202 g/mol. The molecule has 1 aromatic rings. The number of hydrogen-bond donors (Lipinski definition) is 4. The van der Waals surface area contributed by atoms with Crippen LogP contribution in [0.25, 0.3) is 0 Å². The average Bonchev–Trinajstić information content (AvgIpc) is 2.16. The number of nitrogens with zero attached hydrogens (tertiary/aromatic N) is 2. The van der Waals surface area contributed by atoms with Gasteiger partial charge in [0, 0.05) is 0 Å². The first-order valence-corrected chi connectivity index (χ1v) is 4.01. The van der Waals surface area contributed by atoms with Gasteiger partial charge in [-0.1, -0.05) is 0 Å². The van der Waals surface area contributed by atoms with E-state index in [9.17, 15) is 9.59 Å². The van der Waals surface area contributed by atoms with E-state index in [1.807, 2.05) is 0 Å². The molecule has 1 aliphatic heterocycles. The number of carbonyl (C=O) groups is 2. The monoisotopic (exact) mass is 209 g/mol. The minimum Gasteiger partial charge on any atom is -0.476 e. The van der Waals surface area contributed by atoms with Crippen LogP contribution in [0.15, 0.2) is 6.20 Å². The summed E-state index contributed by atoms with van der Waals surface area (Å²) in [7, 11) is 0. The van der Waals surface area contributed by atoms with Gasteiger partial charge in [-0.15, -0.1) is 0 Å². The highest BCUT2D eigenvalue weighted by Crippen LogP contribution is 2.13. The molecule has 8 heteroatoms. The summed E-state index contributed by atoms with van der Waals surface area (Å²) in [4.78, 5) is 29.3. The van der Waals surface area contributed by atoms with Crippen molar-refractivity contribution in [3.8, 4) is 0 Å². The van der Waals surface area contributed by atoms with Crippen LogP contribution in [0.5, 0.6) is 0 Å². The molecule has 0 saturated heterocycles. The van der Waals surface area contributed by atoms with E-state index in [1.54, 1.807) is 0 Å². The number of carbonyl (C=O) groups excluding carboxylic acids is 1. The first kappa shape index (κ1) is 9.34. The molecule has 78 valence electrons. The van der Waals surface area contributed by atoms with Crippen LogP contribution in [0, 0.1) is 0 Å². The molecule has 8 nitrogen and oxygen atoms in total. The van der Waals surface area contributed by atoms with Gasteiger partial charge in [0.1, 0.15) is 0 Å². The number of anilines is 1. The van der Waals surface area contributed by atoms with Crippen molar-refractivity contribution in [1.82, 2.24) is 15.3 Å².